The van der Waals surface area contributed by atoms with Gasteiger partial charge in [0.1, 0.15) is 11.6 Å². The highest BCUT2D eigenvalue weighted by atomic mass is 32.1. The molecule has 0 fully saturated rings. The molecule has 0 spiro atoms. The molecule has 0 saturated heterocycles. The first-order valence-electron chi connectivity index (χ1n) is 8.02. The molecule has 6 heteroatoms. The maximum atomic E-state index is 11.9. The second kappa shape index (κ2) is 7.41. The maximum absolute atomic E-state index is 11.9. The molecule has 5 nitrogen and oxygen atoms in total. The molecule has 26 heavy (non-hydrogen) atoms. The number of rotatable bonds is 5. The Balaban J connectivity index is 1.33. The second-order valence-electron chi connectivity index (χ2n) is 5.56. The number of fused-ring (bicyclic) bond motifs is 1. The molecule has 1 aromatic heterocycles. The molecule has 2 aromatic carbocycles. The van der Waals surface area contributed by atoms with Crippen LogP contribution in [0.5, 0.6) is 11.5 Å². The molecule has 0 radical (unpaired) electrons. The lowest BCUT2D eigenvalue weighted by atomic mass is 10.2. The van der Waals surface area contributed by atoms with Gasteiger partial charge in [-0.25, -0.2) is 9.78 Å². The standard InChI is InChI=1S/C20H15NO4S/c22-19(9-7-14-6-8-17-18(10-14)25-13-24-17)23-11-16-12-26-20(21-16)15-4-2-1-3-5-15/h1-10,12H,11,13H2. The number of nitrogens with zero attached hydrogens (tertiary/aromatic N) is 1. The molecule has 0 saturated carbocycles. The lowest BCUT2D eigenvalue weighted by Gasteiger charge is -2.00. The van der Waals surface area contributed by atoms with Gasteiger partial charge in [0.05, 0.1) is 5.69 Å². The summed E-state index contributed by atoms with van der Waals surface area (Å²) in [6.45, 7) is 0.372. The Bertz CT molecular complexity index is 949. The fourth-order valence-electron chi connectivity index (χ4n) is 2.46. The Labute approximate surface area is 154 Å². The number of hydrogen-bond donors (Lipinski definition) is 0. The van der Waals surface area contributed by atoms with E-state index in [1.807, 2.05) is 53.9 Å². The molecular weight excluding hydrogens is 350 g/mol. The minimum absolute atomic E-state index is 0.146. The number of esters is 1. The quantitative estimate of drug-likeness (QED) is 0.498. The molecule has 1 aliphatic rings. The Hall–Kier alpha value is -3.12. The van der Waals surface area contributed by atoms with Gasteiger partial charge < -0.3 is 14.2 Å². The van der Waals surface area contributed by atoms with Gasteiger partial charge in [-0.1, -0.05) is 36.4 Å². The van der Waals surface area contributed by atoms with Crippen LogP contribution < -0.4 is 9.47 Å². The van der Waals surface area contributed by atoms with Gasteiger partial charge >= 0.3 is 5.97 Å². The first-order chi connectivity index (χ1) is 12.8. The molecule has 3 aromatic rings. The van der Waals surface area contributed by atoms with Crippen LogP contribution >= 0.6 is 11.3 Å². The fraction of sp³-hybridized carbons (Fsp3) is 0.100. The van der Waals surface area contributed by atoms with E-state index >= 15 is 0 Å². The summed E-state index contributed by atoms with van der Waals surface area (Å²) >= 11 is 1.53. The van der Waals surface area contributed by atoms with Gasteiger partial charge in [0, 0.05) is 17.0 Å². The highest BCUT2D eigenvalue weighted by molar-refractivity contribution is 7.13. The average molecular weight is 365 g/mol. The van der Waals surface area contributed by atoms with Crippen LogP contribution in [0.1, 0.15) is 11.3 Å². The summed E-state index contributed by atoms with van der Waals surface area (Å²) in [5.41, 5.74) is 2.63. The van der Waals surface area contributed by atoms with Crippen LogP contribution in [0.2, 0.25) is 0 Å². The SMILES string of the molecule is O=C(C=Cc1ccc2c(c1)OCO2)OCc1csc(-c2ccccc2)n1. The van der Waals surface area contributed by atoms with Crippen molar-refractivity contribution in [2.75, 3.05) is 6.79 Å². The molecule has 4 rings (SSSR count). The zero-order chi connectivity index (χ0) is 17.8. The molecule has 0 atom stereocenters. The van der Waals surface area contributed by atoms with Crippen molar-refractivity contribution in [3.05, 3.63) is 71.2 Å². The lowest BCUT2D eigenvalue weighted by molar-refractivity contribution is -0.139. The van der Waals surface area contributed by atoms with Gasteiger partial charge in [-0.3, -0.25) is 0 Å². The molecule has 0 amide bonds. The van der Waals surface area contributed by atoms with Crippen LogP contribution in [0.25, 0.3) is 16.6 Å². The number of carbonyl (C=O) groups excluding carboxylic acids is 1. The van der Waals surface area contributed by atoms with Crippen molar-refractivity contribution < 1.29 is 19.0 Å². The summed E-state index contributed by atoms with van der Waals surface area (Å²) in [5.74, 6) is 0.968. The summed E-state index contributed by atoms with van der Waals surface area (Å²) in [6, 6.07) is 15.4. The number of hydrogen-bond acceptors (Lipinski definition) is 6. The highest BCUT2D eigenvalue weighted by Crippen LogP contribution is 2.32. The second-order valence-corrected chi connectivity index (χ2v) is 6.42. The van der Waals surface area contributed by atoms with Gasteiger partial charge in [-0.15, -0.1) is 11.3 Å². The van der Waals surface area contributed by atoms with Crippen molar-refractivity contribution >= 4 is 23.4 Å². The van der Waals surface area contributed by atoms with Gasteiger partial charge in [-0.2, -0.15) is 0 Å². The van der Waals surface area contributed by atoms with E-state index in [0.717, 1.165) is 21.8 Å². The molecule has 2 heterocycles. The Morgan fingerprint density at radius 2 is 2.00 bits per heavy atom. The van der Waals surface area contributed by atoms with E-state index in [4.69, 9.17) is 14.2 Å². The molecule has 1 aliphatic heterocycles. The molecule has 130 valence electrons. The van der Waals surface area contributed by atoms with Crippen molar-refractivity contribution in [3.63, 3.8) is 0 Å². The zero-order valence-electron chi connectivity index (χ0n) is 13.8. The summed E-state index contributed by atoms with van der Waals surface area (Å²) in [6.07, 6.45) is 3.07. The van der Waals surface area contributed by atoms with E-state index in [1.165, 1.54) is 17.4 Å². The fourth-order valence-corrected chi connectivity index (χ4v) is 3.27. The van der Waals surface area contributed by atoms with Crippen molar-refractivity contribution in [1.82, 2.24) is 4.98 Å². The molecule has 0 unspecified atom stereocenters. The van der Waals surface area contributed by atoms with Gasteiger partial charge in [-0.05, 0) is 23.8 Å². The lowest BCUT2D eigenvalue weighted by Crippen LogP contribution is -2.00. The molecular formula is C20H15NO4S. The number of carbonyl (C=O) groups is 1. The van der Waals surface area contributed by atoms with Crippen LogP contribution in [0.3, 0.4) is 0 Å². The third-order valence-corrected chi connectivity index (χ3v) is 4.68. The van der Waals surface area contributed by atoms with E-state index in [9.17, 15) is 4.79 Å². The minimum Gasteiger partial charge on any atom is -0.456 e. The van der Waals surface area contributed by atoms with E-state index in [2.05, 4.69) is 4.98 Å². The molecule has 0 N–H and O–H groups in total. The summed E-state index contributed by atoms with van der Waals surface area (Å²) in [5, 5.41) is 2.81. The summed E-state index contributed by atoms with van der Waals surface area (Å²) in [4.78, 5) is 16.4. The van der Waals surface area contributed by atoms with Crippen molar-refractivity contribution in [3.8, 4) is 22.1 Å². The van der Waals surface area contributed by atoms with Gasteiger partial charge in [0.15, 0.2) is 11.5 Å². The highest BCUT2D eigenvalue weighted by Gasteiger charge is 2.12. The summed E-state index contributed by atoms with van der Waals surface area (Å²) < 4.78 is 15.8. The number of ether oxygens (including phenoxy) is 3. The van der Waals surface area contributed by atoms with E-state index in [0.29, 0.717) is 11.5 Å². The predicted octanol–water partition coefficient (Wildman–Crippen LogP) is 4.30. The number of benzene rings is 2. The average Bonchev–Trinajstić information content (AvgIpc) is 3.34. The smallest absolute Gasteiger partial charge is 0.331 e. The van der Waals surface area contributed by atoms with Gasteiger partial charge in [0.2, 0.25) is 6.79 Å². The van der Waals surface area contributed by atoms with Crippen molar-refractivity contribution in [1.29, 1.82) is 0 Å². The van der Waals surface area contributed by atoms with Crippen LogP contribution in [0, 0.1) is 0 Å². The predicted molar refractivity (Wildman–Crippen MR) is 98.9 cm³/mol. The van der Waals surface area contributed by atoms with E-state index in [1.54, 1.807) is 6.08 Å². The zero-order valence-corrected chi connectivity index (χ0v) is 14.6. The van der Waals surface area contributed by atoms with Crippen LogP contribution in [-0.2, 0) is 16.1 Å². The third kappa shape index (κ3) is 3.75. The molecule has 0 bridgehead atoms. The normalized spacial score (nSPS) is 12.5. The summed E-state index contributed by atoms with van der Waals surface area (Å²) in [7, 11) is 0. The van der Waals surface area contributed by atoms with Crippen LogP contribution in [-0.4, -0.2) is 17.7 Å². The third-order valence-electron chi connectivity index (χ3n) is 3.74. The minimum atomic E-state index is -0.420. The number of thiazole rings is 1. The van der Waals surface area contributed by atoms with Gasteiger partial charge in [0.25, 0.3) is 0 Å². The number of aromatic nitrogens is 1. The first-order valence-corrected chi connectivity index (χ1v) is 8.90. The largest absolute Gasteiger partial charge is 0.456 e. The monoisotopic (exact) mass is 365 g/mol. The maximum Gasteiger partial charge on any atom is 0.331 e. The van der Waals surface area contributed by atoms with Crippen LogP contribution in [0.4, 0.5) is 0 Å². The Morgan fingerprint density at radius 1 is 1.15 bits per heavy atom. The van der Waals surface area contributed by atoms with E-state index < -0.39 is 5.97 Å². The van der Waals surface area contributed by atoms with Crippen molar-refractivity contribution in [2.45, 2.75) is 6.61 Å². The first kappa shape index (κ1) is 16.4. The Morgan fingerprint density at radius 3 is 2.88 bits per heavy atom. The molecule has 0 aliphatic carbocycles. The Kier molecular flexibility index (Phi) is 4.66. The topological polar surface area (TPSA) is 57.7 Å². The van der Waals surface area contributed by atoms with E-state index in [-0.39, 0.29) is 13.4 Å². The van der Waals surface area contributed by atoms with Crippen molar-refractivity contribution in [2.24, 2.45) is 0 Å². The van der Waals surface area contributed by atoms with Crippen LogP contribution in [0.15, 0.2) is 60.0 Å².